The summed E-state index contributed by atoms with van der Waals surface area (Å²) in [6.45, 7) is 3.41. The maximum atomic E-state index is 12.5. The molecule has 0 aromatic carbocycles. The van der Waals surface area contributed by atoms with Crippen LogP contribution in [0.3, 0.4) is 0 Å². The molecule has 2 aliphatic rings. The number of aliphatic hydroxyl groups is 1. The van der Waals surface area contributed by atoms with Crippen molar-refractivity contribution in [3.8, 4) is 11.5 Å². The minimum atomic E-state index is -0.800. The van der Waals surface area contributed by atoms with Crippen molar-refractivity contribution >= 4 is 11.2 Å². The van der Waals surface area contributed by atoms with E-state index >= 15 is 0 Å². The van der Waals surface area contributed by atoms with Crippen molar-refractivity contribution in [3.05, 3.63) is 41.1 Å². The third-order valence-corrected chi connectivity index (χ3v) is 4.92. The lowest BCUT2D eigenvalue weighted by molar-refractivity contribution is -0.199. The number of rotatable bonds is 3. The fourth-order valence-electron chi connectivity index (χ4n) is 3.77. The number of fused-ring (bicyclic) bond motifs is 2. The van der Waals surface area contributed by atoms with Gasteiger partial charge in [-0.15, -0.1) is 0 Å². The van der Waals surface area contributed by atoms with Crippen LogP contribution in [-0.4, -0.2) is 60.3 Å². The first-order valence-electron chi connectivity index (χ1n) is 8.97. The molecule has 0 amide bonds. The minimum Gasteiger partial charge on any atom is -0.394 e. The van der Waals surface area contributed by atoms with Crippen molar-refractivity contribution in [1.82, 2.24) is 24.5 Å². The standard InChI is InChI=1S/C18H19N5O5/c1-18(2)27-12-10(7-24)26-17(13(12)28-18)23-8-20-11-15(23)21-14(22-16(11)25)9-5-3-4-6-19-9/h3-6,8,10,12-13,17,24H,7H2,1-2H3,(H,21,22,25)/t10?,12-,13-,17?/m1/s1. The first-order valence-corrected chi connectivity index (χ1v) is 8.97. The Bertz CT molecular complexity index is 1080. The zero-order chi connectivity index (χ0) is 19.5. The number of hydrogen-bond donors (Lipinski definition) is 2. The van der Waals surface area contributed by atoms with E-state index < -0.39 is 30.3 Å². The average Bonchev–Trinajstić information content (AvgIpc) is 3.33. The summed E-state index contributed by atoms with van der Waals surface area (Å²) in [5.74, 6) is -0.470. The van der Waals surface area contributed by atoms with E-state index in [1.807, 2.05) is 19.9 Å². The van der Waals surface area contributed by atoms with Gasteiger partial charge in [-0.1, -0.05) is 6.07 Å². The Kier molecular flexibility index (Phi) is 3.85. The van der Waals surface area contributed by atoms with E-state index in [9.17, 15) is 9.90 Å². The molecule has 5 heterocycles. The van der Waals surface area contributed by atoms with Crippen LogP contribution in [0, 0.1) is 0 Å². The Morgan fingerprint density at radius 3 is 2.82 bits per heavy atom. The average molecular weight is 385 g/mol. The lowest BCUT2D eigenvalue weighted by Gasteiger charge is -2.24. The Hall–Kier alpha value is -2.66. The zero-order valence-electron chi connectivity index (χ0n) is 15.3. The van der Waals surface area contributed by atoms with E-state index in [4.69, 9.17) is 14.2 Å². The van der Waals surface area contributed by atoms with E-state index in [0.717, 1.165) is 0 Å². The highest BCUT2D eigenvalue weighted by Gasteiger charge is 2.56. The van der Waals surface area contributed by atoms with Gasteiger partial charge < -0.3 is 24.3 Å². The summed E-state index contributed by atoms with van der Waals surface area (Å²) in [5.41, 5.74) is 0.696. The molecule has 2 unspecified atom stereocenters. The summed E-state index contributed by atoms with van der Waals surface area (Å²) >= 11 is 0. The molecule has 3 aromatic rings. The zero-order valence-corrected chi connectivity index (χ0v) is 15.3. The van der Waals surface area contributed by atoms with Crippen LogP contribution in [0.5, 0.6) is 0 Å². The third-order valence-electron chi connectivity index (χ3n) is 4.92. The van der Waals surface area contributed by atoms with Crippen molar-refractivity contribution in [2.24, 2.45) is 0 Å². The Labute approximate surface area is 159 Å². The molecule has 0 saturated carbocycles. The summed E-state index contributed by atoms with van der Waals surface area (Å²) in [7, 11) is 0. The number of aromatic amines is 1. The van der Waals surface area contributed by atoms with Crippen molar-refractivity contribution in [2.75, 3.05) is 6.61 Å². The maximum absolute atomic E-state index is 12.5. The maximum Gasteiger partial charge on any atom is 0.279 e. The molecule has 146 valence electrons. The second-order valence-corrected chi connectivity index (χ2v) is 7.27. The normalized spacial score (nSPS) is 28.7. The molecule has 10 heteroatoms. The molecule has 0 radical (unpaired) electrons. The van der Waals surface area contributed by atoms with Crippen LogP contribution in [-0.2, 0) is 14.2 Å². The molecule has 2 fully saturated rings. The van der Waals surface area contributed by atoms with Gasteiger partial charge in [0.25, 0.3) is 5.56 Å². The number of ether oxygens (including phenoxy) is 3. The molecule has 2 N–H and O–H groups in total. The third kappa shape index (κ3) is 2.65. The monoisotopic (exact) mass is 385 g/mol. The number of nitrogens with one attached hydrogen (secondary N) is 1. The van der Waals surface area contributed by atoms with Gasteiger partial charge in [0.05, 0.1) is 12.9 Å². The fourth-order valence-corrected chi connectivity index (χ4v) is 3.77. The molecule has 28 heavy (non-hydrogen) atoms. The highest BCUT2D eigenvalue weighted by atomic mass is 16.8. The van der Waals surface area contributed by atoms with E-state index in [0.29, 0.717) is 17.2 Å². The van der Waals surface area contributed by atoms with Crippen molar-refractivity contribution in [1.29, 1.82) is 0 Å². The lowest BCUT2D eigenvalue weighted by Crippen LogP contribution is -2.31. The van der Waals surface area contributed by atoms with Crippen LogP contribution >= 0.6 is 0 Å². The van der Waals surface area contributed by atoms with E-state index in [2.05, 4.69) is 19.9 Å². The molecule has 2 saturated heterocycles. The quantitative estimate of drug-likeness (QED) is 0.671. The first kappa shape index (κ1) is 17.4. The van der Waals surface area contributed by atoms with Gasteiger partial charge in [0.1, 0.15) is 24.0 Å². The molecule has 0 spiro atoms. The summed E-state index contributed by atoms with van der Waals surface area (Å²) in [4.78, 5) is 28.2. The predicted molar refractivity (Wildman–Crippen MR) is 96.2 cm³/mol. The molecule has 0 aliphatic carbocycles. The SMILES string of the molecule is CC1(C)O[C@@H]2C(CO)OC(n3cnc4c(=O)[nH]c(-c5ccccn5)nc43)[C@@H]2O1. The molecule has 2 aliphatic heterocycles. The molecule has 4 atom stereocenters. The number of imidazole rings is 1. The summed E-state index contributed by atoms with van der Waals surface area (Å²) in [5, 5.41) is 9.68. The second-order valence-electron chi connectivity index (χ2n) is 7.27. The van der Waals surface area contributed by atoms with E-state index in [1.54, 1.807) is 22.9 Å². The van der Waals surface area contributed by atoms with Gasteiger partial charge in [-0.25, -0.2) is 9.97 Å². The number of aromatic nitrogens is 5. The van der Waals surface area contributed by atoms with E-state index in [-0.39, 0.29) is 17.7 Å². The fraction of sp³-hybridized carbons (Fsp3) is 0.444. The van der Waals surface area contributed by atoms with Gasteiger partial charge in [0.15, 0.2) is 29.0 Å². The number of nitrogens with zero attached hydrogens (tertiary/aromatic N) is 4. The van der Waals surface area contributed by atoms with Crippen molar-refractivity contribution < 1.29 is 19.3 Å². The summed E-state index contributed by atoms with van der Waals surface area (Å²) in [6, 6.07) is 5.35. The van der Waals surface area contributed by atoms with Gasteiger partial charge in [-0.05, 0) is 26.0 Å². The Morgan fingerprint density at radius 2 is 2.07 bits per heavy atom. The van der Waals surface area contributed by atoms with Crippen LogP contribution in [0.25, 0.3) is 22.7 Å². The van der Waals surface area contributed by atoms with Gasteiger partial charge in [0.2, 0.25) is 0 Å². The molecule has 3 aromatic heterocycles. The topological polar surface area (TPSA) is 124 Å². The number of aliphatic hydroxyl groups excluding tert-OH is 1. The Morgan fingerprint density at radius 1 is 1.25 bits per heavy atom. The van der Waals surface area contributed by atoms with Crippen LogP contribution in [0.4, 0.5) is 0 Å². The van der Waals surface area contributed by atoms with E-state index in [1.165, 1.54) is 6.33 Å². The number of pyridine rings is 1. The highest BCUT2D eigenvalue weighted by Crippen LogP contribution is 2.43. The predicted octanol–water partition coefficient (Wildman–Crippen LogP) is 0.591. The molecule has 0 bridgehead atoms. The summed E-state index contributed by atoms with van der Waals surface area (Å²) < 4.78 is 19.5. The van der Waals surface area contributed by atoms with Crippen molar-refractivity contribution in [3.63, 3.8) is 0 Å². The highest BCUT2D eigenvalue weighted by molar-refractivity contribution is 5.72. The number of hydrogen-bond acceptors (Lipinski definition) is 8. The molecule has 10 nitrogen and oxygen atoms in total. The molecular weight excluding hydrogens is 366 g/mol. The van der Waals surface area contributed by atoms with Crippen molar-refractivity contribution in [2.45, 2.75) is 44.2 Å². The van der Waals surface area contributed by atoms with Gasteiger partial charge >= 0.3 is 0 Å². The lowest BCUT2D eigenvalue weighted by atomic mass is 10.1. The smallest absolute Gasteiger partial charge is 0.279 e. The second kappa shape index (κ2) is 6.17. The molecule has 5 rings (SSSR count). The van der Waals surface area contributed by atoms with Crippen LogP contribution < -0.4 is 5.56 Å². The van der Waals surface area contributed by atoms with Gasteiger partial charge in [-0.2, -0.15) is 0 Å². The largest absolute Gasteiger partial charge is 0.394 e. The van der Waals surface area contributed by atoms with Gasteiger partial charge in [-0.3, -0.25) is 14.3 Å². The van der Waals surface area contributed by atoms with Crippen LogP contribution in [0.15, 0.2) is 35.5 Å². The minimum absolute atomic E-state index is 0.186. The molecular formula is C18H19N5O5. The first-order chi connectivity index (χ1) is 13.5. The van der Waals surface area contributed by atoms with Crippen LogP contribution in [0.1, 0.15) is 20.1 Å². The Balaban J connectivity index is 1.62. The van der Waals surface area contributed by atoms with Gasteiger partial charge in [0, 0.05) is 6.20 Å². The summed E-state index contributed by atoms with van der Waals surface area (Å²) in [6.07, 6.45) is 1.03. The number of H-pyrrole nitrogens is 1. The van der Waals surface area contributed by atoms with Crippen LogP contribution in [0.2, 0.25) is 0 Å².